The average molecular weight is 373 g/mol. The molecule has 0 aliphatic rings. The van der Waals surface area contributed by atoms with Crippen LogP contribution in [0.3, 0.4) is 0 Å². The molecule has 0 aliphatic carbocycles. The first-order valence-corrected chi connectivity index (χ1v) is 7.68. The van der Waals surface area contributed by atoms with Crippen molar-refractivity contribution < 1.29 is 4.74 Å². The van der Waals surface area contributed by atoms with Crippen LogP contribution in [0.15, 0.2) is 58.6 Å². The molecule has 0 spiro atoms. The minimum absolute atomic E-state index is 0.0861. The smallest absolute Gasteiger partial charge is 0.134 e. The van der Waals surface area contributed by atoms with Crippen molar-refractivity contribution in [3.8, 4) is 11.8 Å². The minimum atomic E-state index is 0.0861. The van der Waals surface area contributed by atoms with E-state index in [4.69, 9.17) is 28.0 Å². The number of ether oxygens (including phenoxy) is 1. The van der Waals surface area contributed by atoms with E-state index in [1.807, 2.05) is 54.6 Å². The van der Waals surface area contributed by atoms with E-state index in [1.165, 1.54) is 0 Å². The number of halogens is 1. The summed E-state index contributed by atoms with van der Waals surface area (Å²) in [4.78, 5) is 0.0861. The Bertz CT molecular complexity index is 751. The second-order valence-electron chi connectivity index (χ2n) is 4.50. The van der Waals surface area contributed by atoms with E-state index < -0.39 is 0 Å². The van der Waals surface area contributed by atoms with E-state index in [0.29, 0.717) is 6.61 Å². The highest BCUT2D eigenvalue weighted by Crippen LogP contribution is 2.27. The van der Waals surface area contributed by atoms with Crippen molar-refractivity contribution in [3.05, 3.63) is 69.7 Å². The molecule has 0 unspecified atom stereocenters. The normalized spacial score (nSPS) is 10.8. The highest BCUT2D eigenvalue weighted by molar-refractivity contribution is 9.10. The van der Waals surface area contributed by atoms with Gasteiger partial charge >= 0.3 is 0 Å². The first-order chi connectivity index (χ1) is 10.6. The number of benzene rings is 2. The summed E-state index contributed by atoms with van der Waals surface area (Å²) in [5.74, 6) is 0.731. The Balaban J connectivity index is 2.13. The van der Waals surface area contributed by atoms with Crippen LogP contribution in [0, 0.1) is 11.3 Å². The van der Waals surface area contributed by atoms with Gasteiger partial charge in [-0.25, -0.2) is 0 Å². The van der Waals surface area contributed by atoms with E-state index in [2.05, 4.69) is 15.9 Å². The van der Waals surface area contributed by atoms with Gasteiger partial charge in [-0.2, -0.15) is 5.26 Å². The lowest BCUT2D eigenvalue weighted by Crippen LogP contribution is -2.09. The molecule has 0 saturated heterocycles. The topological polar surface area (TPSA) is 59.0 Å². The maximum atomic E-state index is 8.97. The molecule has 2 aromatic carbocycles. The third-order valence-electron chi connectivity index (χ3n) is 2.89. The molecule has 0 heterocycles. The van der Waals surface area contributed by atoms with Gasteiger partial charge in [-0.1, -0.05) is 48.6 Å². The van der Waals surface area contributed by atoms with E-state index in [9.17, 15) is 0 Å². The van der Waals surface area contributed by atoms with Crippen LogP contribution in [0.4, 0.5) is 0 Å². The van der Waals surface area contributed by atoms with Crippen molar-refractivity contribution in [2.45, 2.75) is 6.61 Å². The van der Waals surface area contributed by atoms with Crippen molar-refractivity contribution in [1.29, 1.82) is 5.26 Å². The second-order valence-corrected chi connectivity index (χ2v) is 5.79. The van der Waals surface area contributed by atoms with Gasteiger partial charge in [-0.15, -0.1) is 0 Å². The fraction of sp³-hybridized carbons (Fsp3) is 0.0588. The standard InChI is InChI=1S/C17H13BrN2OS/c18-15-9-13(8-14(10-19)17(20)22)6-7-16(15)21-11-12-4-2-1-3-5-12/h1-9H,11H2,(H2,20,22)/b14-8+. The van der Waals surface area contributed by atoms with Crippen molar-refractivity contribution in [2.75, 3.05) is 0 Å². The number of nitriles is 1. The third kappa shape index (κ3) is 4.42. The van der Waals surface area contributed by atoms with Crippen LogP contribution in [0.25, 0.3) is 6.08 Å². The number of hydrogen-bond acceptors (Lipinski definition) is 3. The van der Waals surface area contributed by atoms with Gasteiger partial charge in [0.1, 0.15) is 23.4 Å². The predicted molar refractivity (Wildman–Crippen MR) is 95.3 cm³/mol. The first-order valence-electron chi connectivity index (χ1n) is 6.48. The van der Waals surface area contributed by atoms with Crippen molar-refractivity contribution in [1.82, 2.24) is 0 Å². The molecule has 5 heteroatoms. The molecule has 0 aliphatic heterocycles. The summed E-state index contributed by atoms with van der Waals surface area (Å²) in [5.41, 5.74) is 7.68. The average Bonchev–Trinajstić information content (AvgIpc) is 2.52. The zero-order valence-corrected chi connectivity index (χ0v) is 14.0. The van der Waals surface area contributed by atoms with Crippen LogP contribution in [-0.2, 0) is 6.61 Å². The van der Waals surface area contributed by atoms with Crippen LogP contribution in [0.1, 0.15) is 11.1 Å². The molecule has 110 valence electrons. The Labute approximate surface area is 143 Å². The van der Waals surface area contributed by atoms with E-state index in [0.717, 1.165) is 21.3 Å². The Kier molecular flexibility index (Phi) is 5.70. The van der Waals surface area contributed by atoms with Gasteiger partial charge in [-0.3, -0.25) is 0 Å². The highest BCUT2D eigenvalue weighted by Gasteiger charge is 2.04. The Morgan fingerprint density at radius 2 is 2.00 bits per heavy atom. The van der Waals surface area contributed by atoms with Gasteiger partial charge in [0.05, 0.1) is 10.0 Å². The van der Waals surface area contributed by atoms with E-state index in [1.54, 1.807) is 6.08 Å². The van der Waals surface area contributed by atoms with Crippen molar-refractivity contribution >= 4 is 39.2 Å². The van der Waals surface area contributed by atoms with Gasteiger partial charge in [0.25, 0.3) is 0 Å². The quantitative estimate of drug-likeness (QED) is 0.484. The first kappa shape index (κ1) is 16.2. The number of thiocarbonyl (C=S) groups is 1. The summed E-state index contributed by atoms with van der Waals surface area (Å²) in [6.45, 7) is 0.491. The zero-order valence-electron chi connectivity index (χ0n) is 11.6. The number of hydrogen-bond donors (Lipinski definition) is 1. The van der Waals surface area contributed by atoms with Crippen LogP contribution in [-0.4, -0.2) is 4.99 Å². The maximum absolute atomic E-state index is 8.97. The van der Waals surface area contributed by atoms with Gasteiger partial charge in [0.2, 0.25) is 0 Å². The molecule has 0 amide bonds. The van der Waals surface area contributed by atoms with Crippen LogP contribution >= 0.6 is 28.1 Å². The second kappa shape index (κ2) is 7.74. The highest BCUT2D eigenvalue weighted by atomic mass is 79.9. The van der Waals surface area contributed by atoms with Crippen LogP contribution < -0.4 is 10.5 Å². The predicted octanol–water partition coefficient (Wildman–Crippen LogP) is 4.22. The molecule has 0 saturated carbocycles. The molecule has 0 aromatic heterocycles. The molecule has 22 heavy (non-hydrogen) atoms. The fourth-order valence-corrected chi connectivity index (χ4v) is 2.40. The largest absolute Gasteiger partial charge is 0.488 e. The van der Waals surface area contributed by atoms with Gasteiger partial charge in [0, 0.05) is 0 Å². The molecule has 3 nitrogen and oxygen atoms in total. The summed E-state index contributed by atoms with van der Waals surface area (Å²) in [7, 11) is 0. The van der Waals surface area contributed by atoms with Crippen LogP contribution in [0.5, 0.6) is 5.75 Å². The van der Waals surface area contributed by atoms with Gasteiger partial charge in [0.15, 0.2) is 0 Å². The minimum Gasteiger partial charge on any atom is -0.488 e. The third-order valence-corrected chi connectivity index (χ3v) is 3.73. The molecule has 0 bridgehead atoms. The molecule has 0 radical (unpaired) electrons. The van der Waals surface area contributed by atoms with Crippen molar-refractivity contribution in [2.24, 2.45) is 5.73 Å². The van der Waals surface area contributed by atoms with E-state index in [-0.39, 0.29) is 10.6 Å². The molecule has 0 atom stereocenters. The van der Waals surface area contributed by atoms with Gasteiger partial charge < -0.3 is 10.5 Å². The maximum Gasteiger partial charge on any atom is 0.134 e. The van der Waals surface area contributed by atoms with Crippen molar-refractivity contribution in [3.63, 3.8) is 0 Å². The monoisotopic (exact) mass is 372 g/mol. The SMILES string of the molecule is N#C/C(=C\c1ccc(OCc2ccccc2)c(Br)c1)C(N)=S. The lowest BCUT2D eigenvalue weighted by molar-refractivity contribution is 0.304. The van der Waals surface area contributed by atoms with Gasteiger partial charge in [-0.05, 0) is 45.3 Å². The summed E-state index contributed by atoms with van der Waals surface area (Å²) in [6.07, 6.45) is 1.65. The summed E-state index contributed by atoms with van der Waals surface area (Å²) in [6, 6.07) is 17.5. The Morgan fingerprint density at radius 3 is 2.59 bits per heavy atom. The summed E-state index contributed by atoms with van der Waals surface area (Å²) >= 11 is 8.29. The lowest BCUT2D eigenvalue weighted by atomic mass is 10.1. The Hall–Kier alpha value is -2.16. The molecular formula is C17H13BrN2OS. The molecular weight excluding hydrogens is 360 g/mol. The lowest BCUT2D eigenvalue weighted by Gasteiger charge is -2.09. The zero-order chi connectivity index (χ0) is 15.9. The number of nitrogens with two attached hydrogens (primary N) is 1. The molecule has 2 N–H and O–H groups in total. The molecule has 0 fully saturated rings. The molecule has 2 rings (SSSR count). The van der Waals surface area contributed by atoms with Crippen LogP contribution in [0.2, 0.25) is 0 Å². The number of nitrogens with zero attached hydrogens (tertiary/aromatic N) is 1. The fourth-order valence-electron chi connectivity index (χ4n) is 1.78. The number of rotatable bonds is 5. The Morgan fingerprint density at radius 1 is 1.27 bits per heavy atom. The molecule has 2 aromatic rings. The van der Waals surface area contributed by atoms with E-state index >= 15 is 0 Å². The summed E-state index contributed by atoms with van der Waals surface area (Å²) < 4.78 is 6.58. The summed E-state index contributed by atoms with van der Waals surface area (Å²) in [5, 5.41) is 8.97.